The third-order valence-corrected chi connectivity index (χ3v) is 8.33. The van der Waals surface area contributed by atoms with E-state index in [0.717, 1.165) is 0 Å². The Morgan fingerprint density at radius 3 is 1.55 bits per heavy atom. The molecule has 0 fully saturated rings. The zero-order valence-corrected chi connectivity index (χ0v) is 23.5. The molecule has 0 spiro atoms. The van der Waals surface area contributed by atoms with E-state index < -0.39 is 0 Å². The predicted octanol–water partition coefficient (Wildman–Crippen LogP) is 10.5. The number of hydrogen-bond acceptors (Lipinski definition) is 0. The van der Waals surface area contributed by atoms with Crippen molar-refractivity contribution < 1.29 is 0 Å². The first-order valence-electron chi connectivity index (χ1n) is 14.7. The summed E-state index contributed by atoms with van der Waals surface area (Å²) in [4.78, 5) is 0. The summed E-state index contributed by atoms with van der Waals surface area (Å²) in [6.45, 7) is 0. The molecule has 0 heteroatoms. The van der Waals surface area contributed by atoms with Crippen molar-refractivity contribution in [2.45, 2.75) is 11.8 Å². The Bertz CT molecular complexity index is 1790. The Kier molecular flexibility index (Phi) is 7.19. The van der Waals surface area contributed by atoms with Crippen LogP contribution in [0.25, 0.3) is 11.1 Å². The van der Waals surface area contributed by atoms with Crippen molar-refractivity contribution in [3.63, 3.8) is 0 Å². The molecular formula is C42H32. The van der Waals surface area contributed by atoms with Crippen LogP contribution in [-0.2, 0) is 0 Å². The fourth-order valence-corrected chi connectivity index (χ4v) is 6.50. The maximum Gasteiger partial charge on any atom is 0.0323 e. The van der Waals surface area contributed by atoms with Gasteiger partial charge in [0.15, 0.2) is 0 Å². The molecule has 1 aliphatic rings. The van der Waals surface area contributed by atoms with E-state index in [9.17, 15) is 0 Å². The van der Waals surface area contributed by atoms with Gasteiger partial charge in [0.2, 0.25) is 0 Å². The second-order valence-corrected chi connectivity index (χ2v) is 10.8. The van der Waals surface area contributed by atoms with E-state index in [1.807, 2.05) is 0 Å². The van der Waals surface area contributed by atoms with Crippen molar-refractivity contribution in [2.24, 2.45) is 0 Å². The van der Waals surface area contributed by atoms with Crippen molar-refractivity contribution in [3.8, 4) is 0 Å². The summed E-state index contributed by atoms with van der Waals surface area (Å²) in [6.07, 6.45) is 2.51. The maximum atomic E-state index is 2.51. The minimum Gasteiger partial charge on any atom is -0.0644 e. The van der Waals surface area contributed by atoms with E-state index in [1.165, 1.54) is 55.7 Å². The Labute approximate surface area is 249 Å². The van der Waals surface area contributed by atoms with Crippen LogP contribution in [0.4, 0.5) is 0 Å². The summed E-state index contributed by atoms with van der Waals surface area (Å²) < 4.78 is 0. The van der Waals surface area contributed by atoms with Gasteiger partial charge in [0.25, 0.3) is 0 Å². The second-order valence-electron chi connectivity index (χ2n) is 10.8. The molecule has 6 aromatic rings. The van der Waals surface area contributed by atoms with Gasteiger partial charge in [-0.3, -0.25) is 0 Å². The number of allylic oxidation sites excluding steroid dienone is 2. The monoisotopic (exact) mass is 536 g/mol. The summed E-state index contributed by atoms with van der Waals surface area (Å²) in [6, 6.07) is 63.6. The highest BCUT2D eigenvalue weighted by molar-refractivity contribution is 5.92. The van der Waals surface area contributed by atoms with E-state index in [1.54, 1.807) is 0 Å². The van der Waals surface area contributed by atoms with Gasteiger partial charge >= 0.3 is 0 Å². The Morgan fingerprint density at radius 2 is 0.952 bits per heavy atom. The lowest BCUT2D eigenvalue weighted by molar-refractivity contribution is 0.860. The molecule has 42 heavy (non-hydrogen) atoms. The number of hydrogen-bond donors (Lipinski definition) is 0. The van der Waals surface area contributed by atoms with E-state index in [0.29, 0.717) is 0 Å². The molecule has 7 rings (SSSR count). The zero-order chi connectivity index (χ0) is 28.1. The predicted molar refractivity (Wildman–Crippen MR) is 176 cm³/mol. The van der Waals surface area contributed by atoms with Gasteiger partial charge in [0.05, 0.1) is 0 Å². The number of rotatable bonds is 7. The molecule has 0 heterocycles. The van der Waals surface area contributed by atoms with Crippen LogP contribution in [0.2, 0.25) is 0 Å². The van der Waals surface area contributed by atoms with Gasteiger partial charge in [-0.1, -0.05) is 182 Å². The lowest BCUT2D eigenvalue weighted by Crippen LogP contribution is -2.10. The highest BCUT2D eigenvalue weighted by Gasteiger charge is 2.37. The van der Waals surface area contributed by atoms with Crippen LogP contribution in [0.3, 0.4) is 0 Å². The van der Waals surface area contributed by atoms with Crippen LogP contribution in [0.1, 0.15) is 50.8 Å². The van der Waals surface area contributed by atoms with Gasteiger partial charge in [-0.15, -0.1) is 0 Å². The lowest BCUT2D eigenvalue weighted by atomic mass is 9.76. The Balaban J connectivity index is 1.57. The molecule has 0 saturated heterocycles. The smallest absolute Gasteiger partial charge is 0.0323 e. The summed E-state index contributed by atoms with van der Waals surface area (Å²) in [5.41, 5.74) is 13.0. The van der Waals surface area contributed by atoms with Gasteiger partial charge in [-0.2, -0.15) is 0 Å². The second kappa shape index (κ2) is 11.7. The largest absolute Gasteiger partial charge is 0.0644 e. The molecule has 0 amide bonds. The van der Waals surface area contributed by atoms with Gasteiger partial charge < -0.3 is 0 Å². The van der Waals surface area contributed by atoms with Gasteiger partial charge in [0.1, 0.15) is 0 Å². The van der Waals surface area contributed by atoms with Gasteiger partial charge in [0, 0.05) is 11.8 Å². The van der Waals surface area contributed by atoms with Crippen molar-refractivity contribution >= 4 is 11.1 Å². The third kappa shape index (κ3) is 4.93. The standard InChI is InChI=1S/C42H32/c1-6-18-31(19-7-1)38(32-20-8-2-9-21-32)30-39(33-22-10-3-11-23-33)42-40(34-24-12-4-13-25-34)36-28-16-17-29-37(36)41(42)35-26-14-5-15-27-35/h1-30,39-40H. The lowest BCUT2D eigenvalue weighted by Gasteiger charge is -2.26. The summed E-state index contributed by atoms with van der Waals surface area (Å²) in [5, 5.41) is 0. The normalized spacial score (nSPS) is 14.7. The van der Waals surface area contributed by atoms with Crippen molar-refractivity contribution in [1.29, 1.82) is 0 Å². The van der Waals surface area contributed by atoms with Crippen LogP contribution in [-0.4, -0.2) is 0 Å². The highest BCUT2D eigenvalue weighted by atomic mass is 14.4. The van der Waals surface area contributed by atoms with E-state index in [-0.39, 0.29) is 11.8 Å². The first-order chi connectivity index (χ1) is 20.9. The molecular weight excluding hydrogens is 504 g/mol. The molecule has 2 atom stereocenters. The average Bonchev–Trinajstić information content (AvgIpc) is 3.42. The maximum absolute atomic E-state index is 2.51. The van der Waals surface area contributed by atoms with Crippen LogP contribution in [0.15, 0.2) is 188 Å². The SMILES string of the molecule is C(=C(c1ccccc1)c1ccccc1)C(C1=C(c2ccccc2)c2ccccc2C1c1ccccc1)c1ccccc1. The topological polar surface area (TPSA) is 0 Å². The van der Waals surface area contributed by atoms with Crippen LogP contribution in [0, 0.1) is 0 Å². The summed E-state index contributed by atoms with van der Waals surface area (Å²) >= 11 is 0. The minimum absolute atomic E-state index is 0.0365. The van der Waals surface area contributed by atoms with Crippen molar-refractivity contribution in [2.75, 3.05) is 0 Å². The van der Waals surface area contributed by atoms with Crippen molar-refractivity contribution in [1.82, 2.24) is 0 Å². The quantitative estimate of drug-likeness (QED) is 0.190. The molecule has 0 nitrogen and oxygen atoms in total. The molecule has 6 aromatic carbocycles. The van der Waals surface area contributed by atoms with Crippen LogP contribution in [0.5, 0.6) is 0 Å². The first-order valence-corrected chi connectivity index (χ1v) is 14.7. The fourth-order valence-electron chi connectivity index (χ4n) is 6.50. The Morgan fingerprint density at radius 1 is 0.476 bits per heavy atom. The molecule has 0 aromatic heterocycles. The molecule has 0 aliphatic heterocycles. The zero-order valence-electron chi connectivity index (χ0n) is 23.5. The Hall–Kier alpha value is -5.20. The van der Waals surface area contributed by atoms with E-state index >= 15 is 0 Å². The molecule has 200 valence electrons. The summed E-state index contributed by atoms with van der Waals surface area (Å²) in [5.74, 6) is 0.168. The molecule has 2 unspecified atom stereocenters. The van der Waals surface area contributed by atoms with Crippen LogP contribution < -0.4 is 0 Å². The molecule has 0 radical (unpaired) electrons. The number of fused-ring (bicyclic) bond motifs is 1. The molecule has 0 bridgehead atoms. The first kappa shape index (κ1) is 25.7. The van der Waals surface area contributed by atoms with E-state index in [4.69, 9.17) is 0 Å². The molecule has 1 aliphatic carbocycles. The molecule has 0 saturated carbocycles. The minimum atomic E-state index is 0.0365. The van der Waals surface area contributed by atoms with Gasteiger partial charge in [-0.05, 0) is 55.7 Å². The van der Waals surface area contributed by atoms with E-state index in [2.05, 4.69) is 182 Å². The number of benzene rings is 6. The van der Waals surface area contributed by atoms with Crippen molar-refractivity contribution in [3.05, 3.63) is 227 Å². The summed E-state index contributed by atoms with van der Waals surface area (Å²) in [7, 11) is 0. The van der Waals surface area contributed by atoms with Crippen LogP contribution >= 0.6 is 0 Å². The van der Waals surface area contributed by atoms with Gasteiger partial charge in [-0.25, -0.2) is 0 Å². The molecule has 0 N–H and O–H groups in total. The third-order valence-electron chi connectivity index (χ3n) is 8.33. The average molecular weight is 537 g/mol. The highest BCUT2D eigenvalue weighted by Crippen LogP contribution is 2.54. The fraction of sp³-hybridized carbons (Fsp3) is 0.0476.